The number of carbonyl (C=O) groups excluding carboxylic acids is 1. The molecule has 2 aromatic rings. The largest absolute Gasteiger partial charge is 0.345 e. The van der Waals surface area contributed by atoms with Crippen LogP contribution in [0.25, 0.3) is 0 Å². The monoisotopic (exact) mass is 342 g/mol. The number of hydrogen-bond donors (Lipinski definition) is 0. The van der Waals surface area contributed by atoms with Crippen molar-refractivity contribution in [3.63, 3.8) is 0 Å². The van der Waals surface area contributed by atoms with Gasteiger partial charge in [-0.3, -0.25) is 4.79 Å². The fourth-order valence-corrected chi connectivity index (χ4v) is 4.55. The first-order valence-corrected chi connectivity index (χ1v) is 9.29. The lowest BCUT2D eigenvalue weighted by Crippen LogP contribution is -2.48. The SMILES string of the molecule is CN1CCc2nc(N3CCN(C(=O)c4ccccc4)CC3)sc2C1. The summed E-state index contributed by atoms with van der Waals surface area (Å²) >= 11 is 1.82. The zero-order valence-electron chi connectivity index (χ0n) is 13.9. The number of aromatic nitrogens is 1. The summed E-state index contributed by atoms with van der Waals surface area (Å²) in [6.07, 6.45) is 1.05. The van der Waals surface area contributed by atoms with Crippen molar-refractivity contribution in [3.05, 3.63) is 46.5 Å². The first-order valence-electron chi connectivity index (χ1n) is 8.47. The number of benzene rings is 1. The van der Waals surface area contributed by atoms with Gasteiger partial charge in [-0.1, -0.05) is 18.2 Å². The van der Waals surface area contributed by atoms with Crippen molar-refractivity contribution in [1.29, 1.82) is 0 Å². The predicted octanol–water partition coefficient (Wildman–Crippen LogP) is 2.09. The number of likely N-dealkylation sites (N-methyl/N-ethyl adjacent to an activating group) is 1. The minimum Gasteiger partial charge on any atom is -0.345 e. The van der Waals surface area contributed by atoms with Gasteiger partial charge >= 0.3 is 0 Å². The van der Waals surface area contributed by atoms with Crippen LogP contribution in [0.5, 0.6) is 0 Å². The maximum Gasteiger partial charge on any atom is 0.253 e. The Balaban J connectivity index is 1.41. The quantitative estimate of drug-likeness (QED) is 0.838. The van der Waals surface area contributed by atoms with Gasteiger partial charge in [0.15, 0.2) is 5.13 Å². The minimum absolute atomic E-state index is 0.135. The summed E-state index contributed by atoms with van der Waals surface area (Å²) in [4.78, 5) is 25.4. The first-order chi connectivity index (χ1) is 11.7. The molecule has 1 aromatic heterocycles. The van der Waals surface area contributed by atoms with E-state index in [-0.39, 0.29) is 5.91 Å². The van der Waals surface area contributed by atoms with Gasteiger partial charge in [0.2, 0.25) is 0 Å². The second-order valence-electron chi connectivity index (χ2n) is 6.50. The second kappa shape index (κ2) is 6.53. The van der Waals surface area contributed by atoms with Crippen LogP contribution in [-0.2, 0) is 13.0 Å². The summed E-state index contributed by atoms with van der Waals surface area (Å²) < 4.78 is 0. The molecule has 4 rings (SSSR count). The molecular weight excluding hydrogens is 320 g/mol. The highest BCUT2D eigenvalue weighted by Crippen LogP contribution is 2.30. The highest BCUT2D eigenvalue weighted by atomic mass is 32.1. The topological polar surface area (TPSA) is 39.7 Å². The molecule has 5 nitrogen and oxygen atoms in total. The van der Waals surface area contributed by atoms with Gasteiger partial charge in [0.25, 0.3) is 5.91 Å². The number of hydrogen-bond acceptors (Lipinski definition) is 5. The van der Waals surface area contributed by atoms with E-state index in [9.17, 15) is 4.79 Å². The molecule has 1 aromatic carbocycles. The molecule has 0 saturated carbocycles. The van der Waals surface area contributed by atoms with E-state index in [1.54, 1.807) is 0 Å². The summed E-state index contributed by atoms with van der Waals surface area (Å²) in [6.45, 7) is 5.35. The zero-order valence-corrected chi connectivity index (χ0v) is 14.8. The van der Waals surface area contributed by atoms with Crippen LogP contribution in [0.4, 0.5) is 5.13 Å². The number of anilines is 1. The summed E-state index contributed by atoms with van der Waals surface area (Å²) in [5, 5.41) is 1.13. The molecule has 2 aliphatic heterocycles. The van der Waals surface area contributed by atoms with Gasteiger partial charge in [-0.25, -0.2) is 4.98 Å². The molecule has 0 aliphatic carbocycles. The number of piperazine rings is 1. The number of carbonyl (C=O) groups is 1. The fraction of sp³-hybridized carbons (Fsp3) is 0.444. The predicted molar refractivity (Wildman–Crippen MR) is 96.7 cm³/mol. The second-order valence-corrected chi connectivity index (χ2v) is 7.56. The minimum atomic E-state index is 0.135. The van der Waals surface area contributed by atoms with Crippen molar-refractivity contribution in [2.24, 2.45) is 0 Å². The number of fused-ring (bicyclic) bond motifs is 1. The van der Waals surface area contributed by atoms with Crippen LogP contribution in [-0.4, -0.2) is 60.5 Å². The summed E-state index contributed by atoms with van der Waals surface area (Å²) in [5.74, 6) is 0.135. The summed E-state index contributed by atoms with van der Waals surface area (Å²) in [5.41, 5.74) is 2.05. The van der Waals surface area contributed by atoms with Crippen LogP contribution < -0.4 is 4.90 Å². The Morgan fingerprint density at radius 3 is 2.58 bits per heavy atom. The smallest absolute Gasteiger partial charge is 0.253 e. The third-order valence-corrected chi connectivity index (χ3v) is 5.91. The van der Waals surface area contributed by atoms with Crippen molar-refractivity contribution in [1.82, 2.24) is 14.8 Å². The molecule has 24 heavy (non-hydrogen) atoms. The molecule has 1 amide bonds. The molecule has 1 fully saturated rings. The van der Waals surface area contributed by atoms with Crippen LogP contribution in [0, 0.1) is 0 Å². The summed E-state index contributed by atoms with van der Waals surface area (Å²) in [7, 11) is 2.16. The lowest BCUT2D eigenvalue weighted by Gasteiger charge is -2.34. The third kappa shape index (κ3) is 3.03. The zero-order chi connectivity index (χ0) is 16.5. The number of thiazole rings is 1. The Labute approximate surface area is 146 Å². The van der Waals surface area contributed by atoms with Crippen molar-refractivity contribution in [3.8, 4) is 0 Å². The Kier molecular flexibility index (Phi) is 4.24. The van der Waals surface area contributed by atoms with E-state index < -0.39 is 0 Å². The van der Waals surface area contributed by atoms with Crippen molar-refractivity contribution in [2.75, 3.05) is 44.7 Å². The molecule has 0 spiro atoms. The van der Waals surface area contributed by atoms with Crippen molar-refractivity contribution >= 4 is 22.4 Å². The van der Waals surface area contributed by atoms with Gasteiger partial charge in [0.05, 0.1) is 5.69 Å². The average Bonchev–Trinajstić information content (AvgIpc) is 3.05. The number of nitrogens with zero attached hydrogens (tertiary/aromatic N) is 4. The lowest BCUT2D eigenvalue weighted by molar-refractivity contribution is 0.0747. The van der Waals surface area contributed by atoms with Crippen LogP contribution in [0.2, 0.25) is 0 Å². The highest BCUT2D eigenvalue weighted by molar-refractivity contribution is 7.15. The lowest BCUT2D eigenvalue weighted by atomic mass is 10.2. The molecule has 0 bridgehead atoms. The summed E-state index contributed by atoms with van der Waals surface area (Å²) in [6, 6.07) is 9.55. The van der Waals surface area contributed by atoms with Crippen LogP contribution in [0.1, 0.15) is 20.9 Å². The number of amides is 1. The first kappa shape index (κ1) is 15.6. The van der Waals surface area contributed by atoms with E-state index >= 15 is 0 Å². The molecular formula is C18H22N4OS. The Morgan fingerprint density at radius 2 is 1.83 bits per heavy atom. The molecule has 0 N–H and O–H groups in total. The van der Waals surface area contributed by atoms with Crippen molar-refractivity contribution < 1.29 is 4.79 Å². The normalized spacial score (nSPS) is 18.5. The van der Waals surface area contributed by atoms with Crippen LogP contribution in [0.15, 0.2) is 30.3 Å². The molecule has 126 valence electrons. The highest BCUT2D eigenvalue weighted by Gasteiger charge is 2.26. The molecule has 6 heteroatoms. The fourth-order valence-electron chi connectivity index (χ4n) is 3.31. The van der Waals surface area contributed by atoms with E-state index in [2.05, 4.69) is 16.8 Å². The molecule has 1 saturated heterocycles. The van der Waals surface area contributed by atoms with Gasteiger partial charge in [0.1, 0.15) is 0 Å². The van der Waals surface area contributed by atoms with Crippen molar-refractivity contribution in [2.45, 2.75) is 13.0 Å². The average molecular weight is 342 g/mol. The van der Waals surface area contributed by atoms with E-state index in [0.29, 0.717) is 0 Å². The Morgan fingerprint density at radius 1 is 1.08 bits per heavy atom. The Hall–Kier alpha value is -1.92. The maximum atomic E-state index is 12.5. The molecule has 0 unspecified atom stereocenters. The standard InChI is InChI=1S/C18H22N4OS/c1-20-8-7-15-16(13-20)24-18(19-15)22-11-9-21(10-12-22)17(23)14-5-3-2-4-6-14/h2-6H,7-13H2,1H3. The van der Waals surface area contributed by atoms with E-state index in [1.165, 1.54) is 10.6 Å². The third-order valence-electron chi connectivity index (χ3n) is 4.77. The van der Waals surface area contributed by atoms with Gasteiger partial charge in [-0.05, 0) is 19.2 Å². The molecule has 2 aliphatic rings. The van der Waals surface area contributed by atoms with Crippen LogP contribution in [0.3, 0.4) is 0 Å². The molecule has 0 radical (unpaired) electrons. The van der Waals surface area contributed by atoms with E-state index in [1.807, 2.05) is 46.6 Å². The van der Waals surface area contributed by atoms with Gasteiger partial charge in [-0.15, -0.1) is 11.3 Å². The molecule has 3 heterocycles. The van der Waals surface area contributed by atoms with Gasteiger partial charge < -0.3 is 14.7 Å². The molecule has 0 atom stereocenters. The van der Waals surface area contributed by atoms with Crippen LogP contribution >= 0.6 is 11.3 Å². The van der Waals surface area contributed by atoms with E-state index in [4.69, 9.17) is 4.98 Å². The van der Waals surface area contributed by atoms with E-state index in [0.717, 1.165) is 56.4 Å². The Bertz CT molecular complexity index is 722. The number of rotatable bonds is 2. The van der Waals surface area contributed by atoms with Gasteiger partial charge in [-0.2, -0.15) is 0 Å². The maximum absolute atomic E-state index is 12.5. The van der Waals surface area contributed by atoms with Gasteiger partial charge in [0, 0.05) is 56.1 Å².